The monoisotopic (exact) mass is 588 g/mol. The summed E-state index contributed by atoms with van der Waals surface area (Å²) in [6, 6.07) is 49.8. The molecule has 4 heterocycles. The highest BCUT2D eigenvalue weighted by Gasteiger charge is 2.47. The van der Waals surface area contributed by atoms with Crippen LogP contribution < -0.4 is 15.1 Å². The molecule has 0 atom stereocenters. The van der Waals surface area contributed by atoms with Gasteiger partial charge < -0.3 is 13.8 Å². The second kappa shape index (κ2) is 8.80. The van der Waals surface area contributed by atoms with Crippen molar-refractivity contribution in [3.8, 4) is 11.4 Å². The number of hydrogen-bond donors (Lipinski definition) is 0. The van der Waals surface area contributed by atoms with Gasteiger partial charge in [-0.2, -0.15) is 0 Å². The molecule has 3 aliphatic rings. The Hall–Kier alpha value is -6.01. The van der Waals surface area contributed by atoms with Gasteiger partial charge in [0.2, 0.25) is 5.95 Å². The maximum absolute atomic E-state index is 6.80. The molecule has 214 valence electrons. The highest BCUT2D eigenvalue weighted by atomic mass is 16.5. The van der Waals surface area contributed by atoms with Crippen LogP contribution in [0.15, 0.2) is 145 Å². The number of anilines is 3. The maximum atomic E-state index is 6.80. The zero-order valence-electron chi connectivity index (χ0n) is 24.8. The van der Waals surface area contributed by atoms with Crippen LogP contribution in [-0.4, -0.2) is 20.9 Å². The van der Waals surface area contributed by atoms with Crippen molar-refractivity contribution in [3.63, 3.8) is 0 Å². The Balaban J connectivity index is 1.24. The summed E-state index contributed by atoms with van der Waals surface area (Å²) in [7, 11) is 0. The minimum Gasteiger partial charge on any atom is -0.462 e. The molecule has 46 heavy (non-hydrogen) atoms. The lowest BCUT2D eigenvalue weighted by molar-refractivity contribution is 0.421. The molecule has 6 heteroatoms. The molecule has 6 aromatic carbocycles. The average molecular weight is 588 g/mol. The summed E-state index contributed by atoms with van der Waals surface area (Å²) in [6.07, 6.45) is 0.800. The van der Waals surface area contributed by atoms with E-state index >= 15 is 0 Å². The van der Waals surface area contributed by atoms with Gasteiger partial charge in [-0.15, -0.1) is 0 Å². The predicted molar refractivity (Wildman–Crippen MR) is 187 cm³/mol. The molecule has 0 unspecified atom stereocenters. The fourth-order valence-electron chi connectivity index (χ4n) is 8.19. The van der Waals surface area contributed by atoms with E-state index in [4.69, 9.17) is 9.72 Å². The van der Waals surface area contributed by atoms with Crippen LogP contribution in [0.2, 0.25) is 0 Å². The minimum absolute atomic E-state index is 0.0577. The van der Waals surface area contributed by atoms with E-state index in [0.29, 0.717) is 0 Å². The third-order valence-corrected chi connectivity index (χ3v) is 10.0. The van der Waals surface area contributed by atoms with E-state index in [2.05, 4.69) is 153 Å². The van der Waals surface area contributed by atoms with E-state index < -0.39 is 0 Å². The second-order valence-corrected chi connectivity index (χ2v) is 12.3. The van der Waals surface area contributed by atoms with E-state index in [9.17, 15) is 0 Å². The molecule has 0 bridgehead atoms. The molecule has 8 aromatic rings. The van der Waals surface area contributed by atoms with Crippen molar-refractivity contribution >= 4 is 67.9 Å². The van der Waals surface area contributed by atoms with Crippen molar-refractivity contribution in [2.24, 2.45) is 0 Å². The molecular formula is C40H25BN4O. The smallest absolute Gasteiger partial charge is 0.341 e. The van der Waals surface area contributed by atoms with Crippen LogP contribution in [0.25, 0.3) is 44.0 Å². The van der Waals surface area contributed by atoms with Gasteiger partial charge in [-0.05, 0) is 65.1 Å². The van der Waals surface area contributed by atoms with E-state index in [0.717, 1.165) is 52.0 Å². The fourth-order valence-corrected chi connectivity index (χ4v) is 8.19. The number of fused-ring (bicyclic) bond motifs is 10. The number of benzene rings is 6. The van der Waals surface area contributed by atoms with Crippen molar-refractivity contribution in [2.45, 2.75) is 6.42 Å². The van der Waals surface area contributed by atoms with Crippen molar-refractivity contribution in [1.82, 2.24) is 14.0 Å². The molecule has 0 saturated carbocycles. The largest absolute Gasteiger partial charge is 0.462 e. The minimum atomic E-state index is -0.0577. The van der Waals surface area contributed by atoms with Crippen molar-refractivity contribution in [3.05, 3.63) is 156 Å². The number of para-hydroxylation sites is 6. The summed E-state index contributed by atoms with van der Waals surface area (Å²) < 4.78 is 11.7. The van der Waals surface area contributed by atoms with Crippen LogP contribution in [0, 0.1) is 0 Å². The molecule has 0 radical (unpaired) electrons. The quantitative estimate of drug-likeness (QED) is 0.190. The Morgan fingerprint density at radius 1 is 0.587 bits per heavy atom. The molecule has 0 saturated heterocycles. The predicted octanol–water partition coefficient (Wildman–Crippen LogP) is 8.56. The fraction of sp³-hybridized carbons (Fsp3) is 0.0250. The van der Waals surface area contributed by atoms with Gasteiger partial charge in [0.1, 0.15) is 11.5 Å². The van der Waals surface area contributed by atoms with E-state index in [1.807, 2.05) is 0 Å². The van der Waals surface area contributed by atoms with E-state index in [-0.39, 0.29) is 6.85 Å². The molecular weight excluding hydrogens is 563 g/mol. The molecule has 11 rings (SSSR count). The summed E-state index contributed by atoms with van der Waals surface area (Å²) in [5.74, 6) is 2.86. The van der Waals surface area contributed by atoms with Crippen molar-refractivity contribution < 1.29 is 4.74 Å². The van der Waals surface area contributed by atoms with Crippen LogP contribution in [0.3, 0.4) is 0 Å². The summed E-state index contributed by atoms with van der Waals surface area (Å²) in [4.78, 5) is 7.75. The third-order valence-electron chi connectivity index (χ3n) is 10.0. The summed E-state index contributed by atoms with van der Waals surface area (Å²) in [6.45, 7) is -0.0577. The highest BCUT2D eigenvalue weighted by Crippen LogP contribution is 2.49. The lowest BCUT2D eigenvalue weighted by atomic mass is 9.46. The highest BCUT2D eigenvalue weighted by molar-refractivity contribution is 6.92. The first kappa shape index (κ1) is 24.3. The molecule has 5 nitrogen and oxygen atoms in total. The van der Waals surface area contributed by atoms with Gasteiger partial charge in [0.15, 0.2) is 0 Å². The van der Waals surface area contributed by atoms with Crippen LogP contribution in [0.4, 0.5) is 17.3 Å². The van der Waals surface area contributed by atoms with Crippen LogP contribution in [-0.2, 0) is 6.42 Å². The zero-order valence-corrected chi connectivity index (χ0v) is 24.8. The summed E-state index contributed by atoms with van der Waals surface area (Å²) in [5.41, 5.74) is 12.7. The Morgan fingerprint density at radius 2 is 1.24 bits per heavy atom. The first-order valence-electron chi connectivity index (χ1n) is 15.8. The summed E-state index contributed by atoms with van der Waals surface area (Å²) >= 11 is 0. The molecule has 2 aliphatic heterocycles. The summed E-state index contributed by atoms with van der Waals surface area (Å²) in [5, 5.41) is 2.48. The van der Waals surface area contributed by atoms with Gasteiger partial charge >= 0.3 is 6.85 Å². The maximum Gasteiger partial charge on any atom is 0.341 e. The Bertz CT molecular complexity index is 2580. The van der Waals surface area contributed by atoms with Gasteiger partial charge in [0.25, 0.3) is 0 Å². The first-order valence-corrected chi connectivity index (χ1v) is 15.8. The van der Waals surface area contributed by atoms with Gasteiger partial charge in [-0.25, -0.2) is 4.98 Å². The molecule has 2 aromatic heterocycles. The van der Waals surface area contributed by atoms with E-state index in [1.54, 1.807) is 0 Å². The van der Waals surface area contributed by atoms with Crippen LogP contribution in [0.1, 0.15) is 11.1 Å². The average Bonchev–Trinajstić information content (AvgIpc) is 3.78. The Morgan fingerprint density at radius 3 is 2.07 bits per heavy atom. The van der Waals surface area contributed by atoms with E-state index in [1.165, 1.54) is 43.9 Å². The lowest BCUT2D eigenvalue weighted by Crippen LogP contribution is -2.49. The Kier molecular flexibility index (Phi) is 4.65. The Labute approximate surface area is 265 Å². The molecule has 0 N–H and O–H groups in total. The zero-order chi connectivity index (χ0) is 29.9. The number of nitrogens with zero attached hydrogens (tertiary/aromatic N) is 4. The van der Waals surface area contributed by atoms with Gasteiger partial charge in [-0.3, -0.25) is 4.90 Å². The van der Waals surface area contributed by atoms with Crippen LogP contribution >= 0.6 is 0 Å². The standard InChI is InChI=1S/C40H25BN4O/c1-2-13-26-25(12-1)24-37-38(26)41-39-35(22-11-23-36(39)46-37)44(40-42-29-16-5-8-19-32(29)45(40)41)34-21-10-9-20-33(34)43-30-17-6-3-14-27(30)28-15-4-7-18-31(28)43/h1-23H,24H2. The molecule has 0 spiro atoms. The third kappa shape index (κ3) is 3.03. The van der Waals surface area contributed by atoms with Crippen LogP contribution in [0.5, 0.6) is 5.75 Å². The molecule has 0 fully saturated rings. The first-order chi connectivity index (χ1) is 22.8. The number of ether oxygens (including phenoxy) is 1. The van der Waals surface area contributed by atoms with Gasteiger partial charge in [0.05, 0.1) is 33.4 Å². The van der Waals surface area contributed by atoms with Crippen molar-refractivity contribution in [1.29, 1.82) is 0 Å². The number of imidazole rings is 1. The number of aromatic nitrogens is 3. The lowest BCUT2D eigenvalue weighted by Gasteiger charge is -2.39. The van der Waals surface area contributed by atoms with Gasteiger partial charge in [0, 0.05) is 28.3 Å². The SMILES string of the molecule is c1ccc2c(c1)CC1=C2B2c3c(cccc3N(c3ccccc3-n3c4ccccc4c4ccccc43)c3nc4ccccc4n32)O1. The second-order valence-electron chi connectivity index (χ2n) is 12.3. The number of hydrogen-bond acceptors (Lipinski definition) is 3. The molecule has 0 amide bonds. The normalized spacial score (nSPS) is 14.4. The topological polar surface area (TPSA) is 35.2 Å². The van der Waals surface area contributed by atoms with Crippen molar-refractivity contribution in [2.75, 3.05) is 4.90 Å². The number of allylic oxidation sites excluding steroid dienone is 1. The number of rotatable bonds is 2. The molecule has 1 aliphatic carbocycles. The van der Waals surface area contributed by atoms with Gasteiger partial charge in [-0.1, -0.05) is 91.0 Å².